The smallest absolute Gasteiger partial charge is 0.0995 e. The number of amidine groups is 1. The minimum Gasteiger partial charge on any atom is -0.387 e. The fraction of sp³-hybridized carbons (Fsp3) is 0.533. The molecule has 0 aromatic heterocycles. The highest BCUT2D eigenvalue weighted by molar-refractivity contribution is 5.84. The zero-order valence-corrected chi connectivity index (χ0v) is 10.7. The summed E-state index contributed by atoms with van der Waals surface area (Å²) in [5.41, 5.74) is 6.98. The molecule has 96 valence electrons. The lowest BCUT2D eigenvalue weighted by atomic mass is 9.96. The maximum atomic E-state index is 7.84. The summed E-state index contributed by atoms with van der Waals surface area (Å²) in [5.74, 6) is 1.26. The lowest BCUT2D eigenvalue weighted by molar-refractivity contribution is 0.211. The third kappa shape index (κ3) is 2.15. The molecule has 1 saturated carbocycles. The summed E-state index contributed by atoms with van der Waals surface area (Å²) in [6.45, 7) is 2.13. The second-order valence-electron chi connectivity index (χ2n) is 5.71. The molecule has 1 saturated heterocycles. The van der Waals surface area contributed by atoms with Gasteiger partial charge >= 0.3 is 0 Å². The van der Waals surface area contributed by atoms with E-state index in [1.807, 2.05) is 18.2 Å². The molecule has 18 heavy (non-hydrogen) atoms. The number of benzene rings is 1. The maximum absolute atomic E-state index is 7.84. The van der Waals surface area contributed by atoms with Crippen LogP contribution in [0.3, 0.4) is 0 Å². The Hall–Kier alpha value is -1.35. The number of likely N-dealkylation sites (tertiary alicyclic amines) is 1. The van der Waals surface area contributed by atoms with Gasteiger partial charge in [0.15, 0.2) is 0 Å². The van der Waals surface area contributed by atoms with Gasteiger partial charge in [-0.05, 0) is 30.7 Å². The van der Waals surface area contributed by atoms with Gasteiger partial charge in [0.1, 0.15) is 0 Å². The molecule has 0 spiro atoms. The first-order valence-electron chi connectivity index (χ1n) is 6.87. The minimum atomic E-state index is 0.0607. The van der Waals surface area contributed by atoms with Gasteiger partial charge in [-0.3, -0.25) is 10.3 Å². The highest BCUT2D eigenvalue weighted by Crippen LogP contribution is 2.38. The minimum absolute atomic E-state index is 0.0607. The van der Waals surface area contributed by atoms with Gasteiger partial charge in [0.05, 0.1) is 11.8 Å². The molecule has 2 bridgehead atoms. The summed E-state index contributed by atoms with van der Waals surface area (Å²) in [6.07, 6.45) is 4.10. The Morgan fingerprint density at radius 2 is 2.11 bits per heavy atom. The topological polar surface area (TPSA) is 53.1 Å². The van der Waals surface area contributed by atoms with Crippen LogP contribution in [0.4, 0.5) is 0 Å². The van der Waals surface area contributed by atoms with Crippen LogP contribution in [-0.2, 0) is 0 Å². The molecule has 1 aromatic carbocycles. The highest BCUT2D eigenvalue weighted by atomic mass is 15.2. The fourth-order valence-corrected chi connectivity index (χ4v) is 3.55. The van der Waals surface area contributed by atoms with Crippen LogP contribution in [0.5, 0.6) is 0 Å². The summed E-state index contributed by atoms with van der Waals surface area (Å²) in [5, 5.41) is 7.84. The van der Waals surface area contributed by atoms with Crippen LogP contribution in [0, 0.1) is 11.3 Å². The molecular formula is C15H21N3. The first-order chi connectivity index (χ1) is 8.74. The number of fused-ring (bicyclic) bond motifs is 2. The fourth-order valence-electron chi connectivity index (χ4n) is 3.55. The van der Waals surface area contributed by atoms with Crippen LogP contribution in [0.25, 0.3) is 0 Å². The number of hydrogen-bond acceptors (Lipinski definition) is 2. The van der Waals surface area contributed by atoms with E-state index in [4.69, 9.17) is 11.1 Å². The highest BCUT2D eigenvalue weighted by Gasteiger charge is 2.38. The van der Waals surface area contributed by atoms with E-state index in [1.54, 1.807) is 0 Å². The van der Waals surface area contributed by atoms with E-state index in [9.17, 15) is 0 Å². The van der Waals surface area contributed by atoms with E-state index in [0.717, 1.165) is 18.5 Å². The molecule has 1 aromatic rings. The van der Waals surface area contributed by atoms with Gasteiger partial charge in [-0.15, -0.1) is 0 Å². The van der Waals surface area contributed by atoms with E-state index in [1.165, 1.54) is 31.4 Å². The quantitative estimate of drug-likeness (QED) is 0.629. The van der Waals surface area contributed by atoms with Crippen molar-refractivity contribution >= 4 is 5.84 Å². The van der Waals surface area contributed by atoms with E-state index in [-0.39, 0.29) is 5.92 Å². The third-order valence-corrected chi connectivity index (χ3v) is 4.52. The van der Waals surface area contributed by atoms with Crippen LogP contribution in [0.15, 0.2) is 30.3 Å². The molecule has 0 amide bonds. The number of rotatable bonds is 4. The normalized spacial score (nSPS) is 28.4. The van der Waals surface area contributed by atoms with Crippen molar-refractivity contribution < 1.29 is 0 Å². The Morgan fingerprint density at radius 3 is 2.67 bits per heavy atom. The van der Waals surface area contributed by atoms with Gasteiger partial charge in [-0.25, -0.2) is 0 Å². The molecule has 3 heteroatoms. The molecule has 3 atom stereocenters. The van der Waals surface area contributed by atoms with E-state index in [2.05, 4.69) is 17.0 Å². The van der Waals surface area contributed by atoms with Gasteiger partial charge in [0, 0.05) is 19.1 Å². The maximum Gasteiger partial charge on any atom is 0.0995 e. The van der Waals surface area contributed by atoms with Crippen molar-refractivity contribution in [3.05, 3.63) is 35.9 Å². The van der Waals surface area contributed by atoms with Crippen LogP contribution in [-0.4, -0.2) is 29.9 Å². The molecule has 2 fully saturated rings. The predicted molar refractivity (Wildman–Crippen MR) is 73.8 cm³/mol. The average Bonchev–Trinajstić information content (AvgIpc) is 2.98. The second-order valence-corrected chi connectivity index (χ2v) is 5.71. The van der Waals surface area contributed by atoms with Crippen LogP contribution in [0.1, 0.15) is 30.7 Å². The monoisotopic (exact) mass is 243 g/mol. The molecule has 1 aliphatic heterocycles. The first-order valence-corrected chi connectivity index (χ1v) is 6.87. The Balaban J connectivity index is 1.73. The van der Waals surface area contributed by atoms with Gasteiger partial charge in [0.25, 0.3) is 0 Å². The Labute approximate surface area is 108 Å². The average molecular weight is 243 g/mol. The summed E-state index contributed by atoms with van der Waals surface area (Å²) < 4.78 is 0. The summed E-state index contributed by atoms with van der Waals surface area (Å²) >= 11 is 0. The van der Waals surface area contributed by atoms with Crippen LogP contribution in [0.2, 0.25) is 0 Å². The summed E-state index contributed by atoms with van der Waals surface area (Å²) in [4.78, 5) is 2.55. The predicted octanol–water partition coefficient (Wildman–Crippen LogP) is 2.19. The van der Waals surface area contributed by atoms with Gasteiger partial charge < -0.3 is 5.73 Å². The van der Waals surface area contributed by atoms with Crippen molar-refractivity contribution in [3.63, 3.8) is 0 Å². The number of nitrogens with two attached hydrogens (primary N) is 1. The Kier molecular flexibility index (Phi) is 3.08. The molecule has 3 nitrogen and oxygen atoms in total. The molecule has 2 aliphatic rings. The van der Waals surface area contributed by atoms with E-state index in [0.29, 0.717) is 5.84 Å². The van der Waals surface area contributed by atoms with E-state index < -0.39 is 0 Å². The van der Waals surface area contributed by atoms with Gasteiger partial charge in [0.2, 0.25) is 0 Å². The second kappa shape index (κ2) is 4.73. The largest absolute Gasteiger partial charge is 0.387 e. The van der Waals surface area contributed by atoms with Gasteiger partial charge in [-0.1, -0.05) is 30.3 Å². The van der Waals surface area contributed by atoms with Crippen molar-refractivity contribution in [2.45, 2.75) is 31.2 Å². The zero-order valence-electron chi connectivity index (χ0n) is 10.7. The number of hydrogen-bond donors (Lipinski definition) is 2. The molecule has 3 rings (SSSR count). The molecule has 1 heterocycles. The molecule has 3 N–H and O–H groups in total. The first kappa shape index (κ1) is 11.7. The SMILES string of the molecule is N=C(N)C(CN1CC2CCC1C2)c1ccccc1. The summed E-state index contributed by atoms with van der Waals surface area (Å²) in [7, 11) is 0. The van der Waals surface area contributed by atoms with Gasteiger partial charge in [-0.2, -0.15) is 0 Å². The zero-order chi connectivity index (χ0) is 12.5. The number of nitrogens with zero attached hydrogens (tertiary/aromatic N) is 1. The van der Waals surface area contributed by atoms with Crippen LogP contribution < -0.4 is 5.73 Å². The van der Waals surface area contributed by atoms with Crippen molar-refractivity contribution in [1.82, 2.24) is 4.90 Å². The van der Waals surface area contributed by atoms with Crippen LogP contribution >= 0.6 is 0 Å². The number of piperidine rings is 1. The molecule has 1 aliphatic carbocycles. The van der Waals surface area contributed by atoms with Crippen molar-refractivity contribution in [3.8, 4) is 0 Å². The molecule has 0 radical (unpaired) electrons. The van der Waals surface area contributed by atoms with Crippen molar-refractivity contribution in [2.24, 2.45) is 11.7 Å². The Morgan fingerprint density at radius 1 is 1.33 bits per heavy atom. The standard InChI is InChI=1S/C15H21N3/c16-15(17)14(12-4-2-1-3-5-12)10-18-9-11-6-7-13(18)8-11/h1-5,11,13-14H,6-10H2,(H3,16,17). The number of nitrogens with one attached hydrogen (secondary N) is 1. The van der Waals surface area contributed by atoms with E-state index >= 15 is 0 Å². The third-order valence-electron chi connectivity index (χ3n) is 4.52. The van der Waals surface area contributed by atoms with Crippen molar-refractivity contribution in [2.75, 3.05) is 13.1 Å². The lowest BCUT2D eigenvalue weighted by Gasteiger charge is -2.30. The Bertz CT molecular complexity index is 429. The summed E-state index contributed by atoms with van der Waals surface area (Å²) in [6, 6.07) is 11.0. The lowest BCUT2D eigenvalue weighted by Crippen LogP contribution is -2.39. The molecule has 3 unspecified atom stereocenters. The van der Waals surface area contributed by atoms with Crippen molar-refractivity contribution in [1.29, 1.82) is 5.41 Å². The molecular weight excluding hydrogens is 222 g/mol.